The van der Waals surface area contributed by atoms with Crippen LogP contribution in [0.5, 0.6) is 0 Å². The highest BCUT2D eigenvalue weighted by atomic mass is 32.2. The summed E-state index contributed by atoms with van der Waals surface area (Å²) in [5, 5.41) is 0. The number of nitrogens with one attached hydrogen (secondary N) is 1. The van der Waals surface area contributed by atoms with Crippen molar-refractivity contribution in [2.45, 2.75) is 24.0 Å². The molecular weight excluding hydrogens is 374 g/mol. The van der Waals surface area contributed by atoms with Gasteiger partial charge in [0.15, 0.2) is 6.29 Å². The van der Waals surface area contributed by atoms with E-state index < -0.39 is 16.3 Å². The zero-order valence-corrected chi connectivity index (χ0v) is 16.3. The van der Waals surface area contributed by atoms with Crippen LogP contribution in [-0.4, -0.2) is 21.6 Å². The average molecular weight is 397 g/mol. The Morgan fingerprint density at radius 2 is 1.75 bits per heavy atom. The Bertz CT molecular complexity index is 994. The van der Waals surface area contributed by atoms with Gasteiger partial charge in [0.25, 0.3) is 10.0 Å². The molecule has 1 saturated heterocycles. The van der Waals surface area contributed by atoms with Crippen molar-refractivity contribution in [2.24, 2.45) is 17.3 Å². The predicted octanol–water partition coefficient (Wildman–Crippen LogP) is 4.12. The molecule has 1 heterocycles. The molecule has 0 amide bonds. The van der Waals surface area contributed by atoms with Gasteiger partial charge in [-0.05, 0) is 48.9 Å². The van der Waals surface area contributed by atoms with Gasteiger partial charge < -0.3 is 9.47 Å². The maximum absolute atomic E-state index is 12.6. The number of hydrogen-bond acceptors (Lipinski definition) is 4. The summed E-state index contributed by atoms with van der Waals surface area (Å²) >= 11 is 0. The van der Waals surface area contributed by atoms with Gasteiger partial charge in [-0.15, -0.1) is 0 Å². The monoisotopic (exact) mass is 397 g/mol. The fraction of sp³-hybridized carbons (Fsp3) is 0.364. The van der Waals surface area contributed by atoms with Crippen molar-refractivity contribution >= 4 is 15.7 Å². The Morgan fingerprint density at radius 1 is 0.964 bits per heavy atom. The number of rotatable bonds is 4. The summed E-state index contributed by atoms with van der Waals surface area (Å²) in [6, 6.07) is 15.6. The van der Waals surface area contributed by atoms with Crippen LogP contribution >= 0.6 is 0 Å². The molecule has 2 aliphatic carbocycles. The van der Waals surface area contributed by atoms with Gasteiger partial charge in [0.1, 0.15) is 0 Å². The lowest BCUT2D eigenvalue weighted by atomic mass is 9.76. The Balaban J connectivity index is 1.30. The van der Waals surface area contributed by atoms with Crippen molar-refractivity contribution in [3.05, 3.63) is 72.3 Å². The standard InChI is InChI=1S/C22H23NO4S/c24-28(25,20-7-2-1-3-8-20)23-19-6-4-5-17(12-19)21-26-14-22(15-27-21)13-16-9-10-18(22)11-16/h1-10,12,16,18,21,23H,11,13-15H2/t16-,18-,21?,22?/m1/s1. The van der Waals surface area contributed by atoms with E-state index in [9.17, 15) is 8.42 Å². The molecule has 5 rings (SSSR count). The third-order valence-electron chi connectivity index (χ3n) is 6.14. The highest BCUT2D eigenvalue weighted by molar-refractivity contribution is 7.92. The van der Waals surface area contributed by atoms with Gasteiger partial charge >= 0.3 is 0 Å². The molecule has 1 spiro atoms. The predicted molar refractivity (Wildman–Crippen MR) is 106 cm³/mol. The molecule has 1 N–H and O–H groups in total. The summed E-state index contributed by atoms with van der Waals surface area (Å²) in [7, 11) is -3.62. The first-order chi connectivity index (χ1) is 13.5. The molecule has 0 aromatic heterocycles. The molecule has 0 unspecified atom stereocenters. The summed E-state index contributed by atoms with van der Waals surface area (Å²) < 4.78 is 39.9. The number of anilines is 1. The summed E-state index contributed by atoms with van der Waals surface area (Å²) in [6.07, 6.45) is 6.53. The lowest BCUT2D eigenvalue weighted by molar-refractivity contribution is -0.239. The average Bonchev–Trinajstić information content (AvgIpc) is 3.30. The van der Waals surface area contributed by atoms with Crippen LogP contribution in [0.25, 0.3) is 0 Å². The van der Waals surface area contributed by atoms with Crippen LogP contribution in [0.4, 0.5) is 5.69 Å². The smallest absolute Gasteiger partial charge is 0.261 e. The zero-order chi connectivity index (χ0) is 19.2. The molecule has 3 aliphatic rings. The van der Waals surface area contributed by atoms with Gasteiger partial charge in [-0.25, -0.2) is 8.42 Å². The number of hydrogen-bond donors (Lipinski definition) is 1. The number of fused-ring (bicyclic) bond motifs is 3. The molecule has 146 valence electrons. The quantitative estimate of drug-likeness (QED) is 0.789. The minimum Gasteiger partial charge on any atom is -0.348 e. The van der Waals surface area contributed by atoms with E-state index in [0.717, 1.165) is 12.0 Å². The van der Waals surface area contributed by atoms with Crippen LogP contribution in [0.3, 0.4) is 0 Å². The number of benzene rings is 2. The van der Waals surface area contributed by atoms with E-state index in [1.165, 1.54) is 6.42 Å². The minimum atomic E-state index is -3.62. The molecule has 2 aromatic carbocycles. The van der Waals surface area contributed by atoms with Crippen molar-refractivity contribution in [3.63, 3.8) is 0 Å². The van der Waals surface area contributed by atoms with E-state index in [4.69, 9.17) is 9.47 Å². The van der Waals surface area contributed by atoms with Crippen LogP contribution in [0.15, 0.2) is 71.6 Å². The Kier molecular flexibility index (Phi) is 4.30. The summed E-state index contributed by atoms with van der Waals surface area (Å²) in [4.78, 5) is 0.233. The number of sulfonamides is 1. The fourth-order valence-corrected chi connectivity index (χ4v) is 5.78. The molecule has 28 heavy (non-hydrogen) atoms. The van der Waals surface area contributed by atoms with E-state index in [2.05, 4.69) is 16.9 Å². The van der Waals surface area contributed by atoms with Crippen LogP contribution in [0.2, 0.25) is 0 Å². The highest BCUT2D eigenvalue weighted by Gasteiger charge is 2.51. The molecule has 2 bridgehead atoms. The van der Waals surface area contributed by atoms with Crippen LogP contribution in [0, 0.1) is 17.3 Å². The number of ether oxygens (including phenoxy) is 2. The zero-order valence-electron chi connectivity index (χ0n) is 15.5. The molecule has 1 aliphatic heterocycles. The Labute approximate surface area is 165 Å². The molecule has 5 nitrogen and oxygen atoms in total. The van der Waals surface area contributed by atoms with Gasteiger partial charge in [-0.2, -0.15) is 0 Å². The van der Waals surface area contributed by atoms with Crippen LogP contribution in [0.1, 0.15) is 24.7 Å². The molecule has 1 saturated carbocycles. The second-order valence-electron chi connectivity index (χ2n) is 8.05. The van der Waals surface area contributed by atoms with Gasteiger partial charge in [-0.1, -0.05) is 42.5 Å². The summed E-state index contributed by atoms with van der Waals surface area (Å²) in [6.45, 7) is 1.37. The third-order valence-corrected chi connectivity index (χ3v) is 7.53. The van der Waals surface area contributed by atoms with E-state index >= 15 is 0 Å². The van der Waals surface area contributed by atoms with Gasteiger partial charge in [0.2, 0.25) is 0 Å². The number of allylic oxidation sites excluding steroid dienone is 2. The van der Waals surface area contributed by atoms with Crippen molar-refractivity contribution in [1.82, 2.24) is 0 Å². The lowest BCUT2D eigenvalue weighted by Gasteiger charge is -2.41. The molecule has 6 heteroatoms. The summed E-state index contributed by atoms with van der Waals surface area (Å²) in [5.74, 6) is 1.23. The first-order valence-electron chi connectivity index (χ1n) is 9.64. The van der Waals surface area contributed by atoms with Gasteiger partial charge in [-0.3, -0.25) is 4.72 Å². The highest BCUT2D eigenvalue weighted by Crippen LogP contribution is 2.54. The van der Waals surface area contributed by atoms with E-state index in [1.807, 2.05) is 12.1 Å². The third kappa shape index (κ3) is 3.15. The second kappa shape index (κ2) is 6.72. The normalized spacial score (nSPS) is 31.4. The lowest BCUT2D eigenvalue weighted by Crippen LogP contribution is -2.41. The first-order valence-corrected chi connectivity index (χ1v) is 11.1. The Hall–Kier alpha value is -2.15. The van der Waals surface area contributed by atoms with Crippen LogP contribution in [-0.2, 0) is 19.5 Å². The van der Waals surface area contributed by atoms with E-state index in [0.29, 0.717) is 30.7 Å². The maximum Gasteiger partial charge on any atom is 0.261 e. The minimum absolute atomic E-state index is 0.114. The van der Waals surface area contributed by atoms with E-state index in [1.54, 1.807) is 42.5 Å². The van der Waals surface area contributed by atoms with Crippen LogP contribution < -0.4 is 4.72 Å². The van der Waals surface area contributed by atoms with E-state index in [-0.39, 0.29) is 10.3 Å². The van der Waals surface area contributed by atoms with Gasteiger partial charge in [0.05, 0.1) is 18.1 Å². The molecule has 2 fully saturated rings. The SMILES string of the molecule is O=S(=O)(Nc1cccc(C2OCC3(CO2)C[C@@H]2C=C[C@@H]3C2)c1)c1ccccc1. The largest absolute Gasteiger partial charge is 0.348 e. The fourth-order valence-electron chi connectivity index (χ4n) is 4.71. The molecule has 2 atom stereocenters. The molecular formula is C22H23NO4S. The molecule has 2 aromatic rings. The maximum atomic E-state index is 12.6. The van der Waals surface area contributed by atoms with Crippen molar-refractivity contribution < 1.29 is 17.9 Å². The molecule has 0 radical (unpaired) electrons. The van der Waals surface area contributed by atoms with Crippen molar-refractivity contribution in [1.29, 1.82) is 0 Å². The van der Waals surface area contributed by atoms with Crippen molar-refractivity contribution in [2.75, 3.05) is 17.9 Å². The summed E-state index contributed by atoms with van der Waals surface area (Å²) in [5.41, 5.74) is 1.43. The van der Waals surface area contributed by atoms with Gasteiger partial charge in [0, 0.05) is 16.7 Å². The van der Waals surface area contributed by atoms with Crippen molar-refractivity contribution in [3.8, 4) is 0 Å². The first kappa shape index (κ1) is 17.9. The second-order valence-corrected chi connectivity index (χ2v) is 9.73. The topological polar surface area (TPSA) is 64.6 Å². The Morgan fingerprint density at radius 3 is 2.43 bits per heavy atom.